The van der Waals surface area contributed by atoms with Gasteiger partial charge < -0.3 is 19.6 Å². The lowest BCUT2D eigenvalue weighted by Crippen LogP contribution is -2.52. The first-order chi connectivity index (χ1) is 14.9. The maximum Gasteiger partial charge on any atom is 0.304 e. The topological polar surface area (TPSA) is 116 Å². The Morgan fingerprint density at radius 2 is 2.00 bits per heavy atom. The molecule has 0 aliphatic carbocycles. The van der Waals surface area contributed by atoms with Crippen molar-refractivity contribution < 1.29 is 29.0 Å². The number of amides is 3. The van der Waals surface area contributed by atoms with E-state index in [9.17, 15) is 19.2 Å². The number of nitrogens with zero attached hydrogens (tertiary/aromatic N) is 2. The van der Waals surface area contributed by atoms with E-state index in [4.69, 9.17) is 9.84 Å². The van der Waals surface area contributed by atoms with Crippen LogP contribution in [0.15, 0.2) is 12.1 Å². The minimum absolute atomic E-state index is 0.116. The van der Waals surface area contributed by atoms with Crippen molar-refractivity contribution in [1.29, 1.82) is 0 Å². The summed E-state index contributed by atoms with van der Waals surface area (Å²) >= 11 is 0. The van der Waals surface area contributed by atoms with Crippen LogP contribution in [0.1, 0.15) is 53.6 Å². The molecule has 2 saturated heterocycles. The molecule has 0 saturated carbocycles. The van der Waals surface area contributed by atoms with Crippen LogP contribution in [0.3, 0.4) is 0 Å². The van der Waals surface area contributed by atoms with Crippen molar-refractivity contribution in [2.45, 2.75) is 50.1 Å². The van der Waals surface area contributed by atoms with Crippen LogP contribution < -0.4 is 10.1 Å². The molecule has 0 bridgehead atoms. The van der Waals surface area contributed by atoms with Crippen LogP contribution >= 0.6 is 0 Å². The predicted molar refractivity (Wildman–Crippen MR) is 108 cm³/mol. The number of nitrogens with one attached hydrogen (secondary N) is 1. The van der Waals surface area contributed by atoms with Crippen molar-refractivity contribution in [2.24, 2.45) is 0 Å². The van der Waals surface area contributed by atoms with Gasteiger partial charge in [0.05, 0.1) is 19.6 Å². The first kappa shape index (κ1) is 20.0. The summed E-state index contributed by atoms with van der Waals surface area (Å²) in [5, 5.41) is 11.2. The zero-order valence-electron chi connectivity index (χ0n) is 17.2. The zero-order valence-corrected chi connectivity index (χ0v) is 17.2. The number of carbonyl (C=O) groups is 4. The van der Waals surface area contributed by atoms with Gasteiger partial charge in [0.2, 0.25) is 11.8 Å². The molecule has 4 heterocycles. The second-order valence-corrected chi connectivity index (χ2v) is 8.92. The van der Waals surface area contributed by atoms with Crippen LogP contribution in [0.4, 0.5) is 0 Å². The molecule has 1 atom stereocenters. The Labute approximate surface area is 179 Å². The average molecular weight is 427 g/mol. The lowest BCUT2D eigenvalue weighted by Gasteiger charge is -2.38. The van der Waals surface area contributed by atoms with Crippen molar-refractivity contribution in [3.63, 3.8) is 0 Å². The van der Waals surface area contributed by atoms with Crippen LogP contribution in [0.5, 0.6) is 5.75 Å². The van der Waals surface area contributed by atoms with Crippen LogP contribution in [0.2, 0.25) is 0 Å². The molecule has 2 N–H and O–H groups in total. The Kier molecular flexibility index (Phi) is 4.73. The molecule has 0 radical (unpaired) electrons. The molecule has 164 valence electrons. The first-order valence-corrected chi connectivity index (χ1v) is 10.8. The van der Waals surface area contributed by atoms with Crippen LogP contribution in [-0.2, 0) is 26.3 Å². The highest BCUT2D eigenvalue weighted by Gasteiger charge is 2.47. The molecule has 3 amide bonds. The third kappa shape index (κ3) is 3.27. The lowest BCUT2D eigenvalue weighted by molar-refractivity contribution is -0.138. The quantitative estimate of drug-likeness (QED) is 0.678. The van der Waals surface area contributed by atoms with Gasteiger partial charge in [-0.15, -0.1) is 0 Å². The second-order valence-electron chi connectivity index (χ2n) is 8.92. The first-order valence-electron chi connectivity index (χ1n) is 10.8. The number of fused-ring (bicyclic) bond motifs is 4. The maximum absolute atomic E-state index is 13.0. The molecule has 0 aromatic heterocycles. The number of ether oxygens (including phenoxy) is 1. The number of likely N-dealkylation sites (tertiary alicyclic amines) is 1. The van der Waals surface area contributed by atoms with E-state index >= 15 is 0 Å². The third-order valence-electron chi connectivity index (χ3n) is 7.19. The number of carboxylic acids is 1. The van der Waals surface area contributed by atoms with Gasteiger partial charge in [-0.3, -0.25) is 24.5 Å². The van der Waals surface area contributed by atoms with Gasteiger partial charge in [-0.05, 0) is 38.4 Å². The molecule has 4 aliphatic rings. The number of carbonyl (C=O) groups excluding carboxylic acids is 3. The number of hydrogen-bond acceptors (Lipinski definition) is 6. The molecule has 4 aliphatic heterocycles. The molecule has 1 aromatic carbocycles. The smallest absolute Gasteiger partial charge is 0.304 e. The minimum atomic E-state index is -0.782. The Morgan fingerprint density at radius 1 is 1.23 bits per heavy atom. The average Bonchev–Trinajstić information content (AvgIpc) is 3.26. The van der Waals surface area contributed by atoms with E-state index in [0.717, 1.165) is 42.8 Å². The number of rotatable bonds is 4. The fourth-order valence-electron chi connectivity index (χ4n) is 5.36. The van der Waals surface area contributed by atoms with Gasteiger partial charge in [0.25, 0.3) is 5.91 Å². The standard InChI is InChI=1S/C22H25N3O6/c26-17-4-3-16(20(29)23-17)25-11-14-13(21(25)30)1-2-15-19(14)31-12-22(15)6-9-24(10-7-22)8-5-18(27)28/h1-2,16H,3-12H2,(H,27,28)(H,23,26,29)/t16-/m0/s1. The van der Waals surface area contributed by atoms with E-state index in [1.807, 2.05) is 12.1 Å². The molecular formula is C22H25N3O6. The second kappa shape index (κ2) is 7.33. The third-order valence-corrected chi connectivity index (χ3v) is 7.19. The number of piperidine rings is 2. The number of imide groups is 1. The lowest BCUT2D eigenvalue weighted by atomic mass is 9.74. The normalized spacial score (nSPS) is 24.7. The largest absolute Gasteiger partial charge is 0.492 e. The Bertz CT molecular complexity index is 982. The highest BCUT2D eigenvalue weighted by atomic mass is 16.5. The molecular weight excluding hydrogens is 402 g/mol. The van der Waals surface area contributed by atoms with Gasteiger partial charge >= 0.3 is 5.97 Å². The molecule has 2 fully saturated rings. The van der Waals surface area contributed by atoms with Gasteiger partial charge in [-0.1, -0.05) is 6.07 Å². The zero-order chi connectivity index (χ0) is 21.8. The van der Waals surface area contributed by atoms with Gasteiger partial charge in [-0.25, -0.2) is 0 Å². The summed E-state index contributed by atoms with van der Waals surface area (Å²) in [5.41, 5.74) is 2.40. The summed E-state index contributed by atoms with van der Waals surface area (Å²) in [6.45, 7) is 3.05. The van der Waals surface area contributed by atoms with E-state index in [-0.39, 0.29) is 30.1 Å². The Balaban J connectivity index is 1.35. The molecule has 9 heteroatoms. The summed E-state index contributed by atoms with van der Waals surface area (Å²) in [4.78, 5) is 51.3. The minimum Gasteiger partial charge on any atom is -0.492 e. The van der Waals surface area contributed by atoms with Gasteiger partial charge in [0.15, 0.2) is 0 Å². The number of aliphatic carboxylic acids is 1. The summed E-state index contributed by atoms with van der Waals surface area (Å²) in [7, 11) is 0. The maximum atomic E-state index is 13.0. The van der Waals surface area contributed by atoms with Crippen LogP contribution in [0.25, 0.3) is 0 Å². The van der Waals surface area contributed by atoms with Gasteiger partial charge in [0, 0.05) is 35.1 Å². The fraction of sp³-hybridized carbons (Fsp3) is 0.545. The van der Waals surface area contributed by atoms with Crippen molar-refractivity contribution in [3.8, 4) is 5.75 Å². The van der Waals surface area contributed by atoms with Crippen molar-refractivity contribution >= 4 is 23.7 Å². The molecule has 5 rings (SSSR count). The molecule has 1 spiro atoms. The summed E-state index contributed by atoms with van der Waals surface area (Å²) < 4.78 is 6.15. The summed E-state index contributed by atoms with van der Waals surface area (Å²) in [6.07, 6.45) is 2.47. The number of benzene rings is 1. The van der Waals surface area contributed by atoms with Crippen LogP contribution in [0, 0.1) is 0 Å². The van der Waals surface area contributed by atoms with Crippen molar-refractivity contribution in [3.05, 3.63) is 28.8 Å². The van der Waals surface area contributed by atoms with E-state index in [2.05, 4.69) is 10.2 Å². The monoisotopic (exact) mass is 427 g/mol. The van der Waals surface area contributed by atoms with Crippen molar-refractivity contribution in [1.82, 2.24) is 15.1 Å². The molecule has 1 aromatic rings. The van der Waals surface area contributed by atoms with Gasteiger partial charge in [0.1, 0.15) is 11.8 Å². The van der Waals surface area contributed by atoms with E-state index in [1.165, 1.54) is 0 Å². The number of carboxylic acid groups (broad SMARTS) is 1. The summed E-state index contributed by atoms with van der Waals surface area (Å²) in [5.74, 6) is -0.929. The van der Waals surface area contributed by atoms with Gasteiger partial charge in [-0.2, -0.15) is 0 Å². The fourth-order valence-corrected chi connectivity index (χ4v) is 5.36. The van der Waals surface area contributed by atoms with E-state index in [1.54, 1.807) is 4.90 Å². The molecule has 31 heavy (non-hydrogen) atoms. The number of hydrogen-bond donors (Lipinski definition) is 2. The Hall–Kier alpha value is -2.94. The van der Waals surface area contributed by atoms with E-state index in [0.29, 0.717) is 31.7 Å². The molecule has 0 unspecified atom stereocenters. The molecule has 9 nitrogen and oxygen atoms in total. The van der Waals surface area contributed by atoms with Crippen LogP contribution in [-0.4, -0.2) is 70.9 Å². The summed E-state index contributed by atoms with van der Waals surface area (Å²) in [6, 6.07) is 3.19. The predicted octanol–water partition coefficient (Wildman–Crippen LogP) is 0.648. The van der Waals surface area contributed by atoms with Crippen molar-refractivity contribution in [2.75, 3.05) is 26.2 Å². The highest BCUT2D eigenvalue weighted by molar-refractivity contribution is 6.05. The highest BCUT2D eigenvalue weighted by Crippen LogP contribution is 2.49. The Morgan fingerprint density at radius 3 is 2.71 bits per heavy atom. The van der Waals surface area contributed by atoms with E-state index < -0.39 is 17.9 Å². The SMILES string of the molecule is O=C(O)CCN1CCC2(CC1)COc1c2ccc2c1CN([C@H]1CCC(=O)NC1=O)C2=O.